The number of aromatic carboxylic acids is 1. The minimum absolute atomic E-state index is 0. The van der Waals surface area contributed by atoms with E-state index in [2.05, 4.69) is 10.2 Å². The summed E-state index contributed by atoms with van der Waals surface area (Å²) >= 11 is 0. The van der Waals surface area contributed by atoms with E-state index in [1.165, 1.54) is 16.7 Å². The van der Waals surface area contributed by atoms with Gasteiger partial charge in [0.15, 0.2) is 5.82 Å². The lowest BCUT2D eigenvalue weighted by Gasteiger charge is -2.24. The molecule has 2 aromatic rings. The van der Waals surface area contributed by atoms with Gasteiger partial charge >= 0.3 is 5.97 Å². The van der Waals surface area contributed by atoms with Crippen molar-refractivity contribution in [2.45, 2.75) is 32.1 Å². The predicted molar refractivity (Wildman–Crippen MR) is 111 cm³/mol. The molecule has 29 heavy (non-hydrogen) atoms. The lowest BCUT2D eigenvalue weighted by Crippen LogP contribution is -2.35. The first-order chi connectivity index (χ1) is 13.5. The molecule has 0 amide bonds. The number of fused-ring (bicyclic) bond motifs is 2. The van der Waals surface area contributed by atoms with Gasteiger partial charge in [-0.1, -0.05) is 0 Å². The molecule has 2 N–H and O–H groups in total. The van der Waals surface area contributed by atoms with Crippen LogP contribution in [0.25, 0.3) is 5.52 Å². The van der Waals surface area contributed by atoms with Crippen molar-refractivity contribution >= 4 is 29.6 Å². The third-order valence-electron chi connectivity index (χ3n) is 6.68. The summed E-state index contributed by atoms with van der Waals surface area (Å²) < 4.78 is 16.4. The van der Waals surface area contributed by atoms with Crippen molar-refractivity contribution in [1.29, 1.82) is 0 Å². The molecule has 156 valence electrons. The van der Waals surface area contributed by atoms with E-state index in [1.54, 1.807) is 0 Å². The average molecular weight is 422 g/mol. The van der Waals surface area contributed by atoms with Crippen LogP contribution in [-0.2, 0) is 0 Å². The summed E-state index contributed by atoms with van der Waals surface area (Å²) in [4.78, 5) is 26.4. The molecule has 1 aliphatic carbocycles. The third kappa shape index (κ3) is 3.20. The van der Waals surface area contributed by atoms with Gasteiger partial charge in [-0.05, 0) is 74.2 Å². The van der Waals surface area contributed by atoms with Crippen molar-refractivity contribution in [3.63, 3.8) is 0 Å². The van der Waals surface area contributed by atoms with Crippen LogP contribution in [0.15, 0.2) is 17.1 Å². The van der Waals surface area contributed by atoms with Crippen molar-refractivity contribution < 1.29 is 14.3 Å². The van der Waals surface area contributed by atoms with E-state index in [4.69, 9.17) is 0 Å². The van der Waals surface area contributed by atoms with Crippen LogP contribution in [0.4, 0.5) is 10.1 Å². The number of aromatic nitrogens is 1. The molecule has 2 aliphatic heterocycles. The van der Waals surface area contributed by atoms with E-state index >= 15 is 4.39 Å². The van der Waals surface area contributed by atoms with Crippen LogP contribution >= 0.6 is 12.4 Å². The summed E-state index contributed by atoms with van der Waals surface area (Å²) in [6, 6.07) is 1.51. The summed E-state index contributed by atoms with van der Waals surface area (Å²) in [5, 5.41) is 12.8. The number of nitrogens with zero attached hydrogens (tertiary/aromatic N) is 2. The standard InChI is InChI=1S/C21H24FN3O3.ClH/c1-11-18-15(12-2-3-12)6-16(21(27)28)20(26)25(18)10-17(22)19(11)24-8-13-4-5-23-7-14(13)9-24;/h6,10,12-14,23H,2-5,7-9H2,1H3,(H,27,28);1H. The molecule has 0 aromatic carbocycles. The minimum Gasteiger partial charge on any atom is -0.477 e. The number of halogens is 2. The van der Waals surface area contributed by atoms with Gasteiger partial charge in [0.2, 0.25) is 0 Å². The normalized spacial score (nSPS) is 23.7. The molecular weight excluding hydrogens is 397 g/mol. The van der Waals surface area contributed by atoms with Crippen LogP contribution in [-0.4, -0.2) is 41.7 Å². The number of hydrogen-bond acceptors (Lipinski definition) is 4. The van der Waals surface area contributed by atoms with Crippen molar-refractivity contribution in [3.05, 3.63) is 45.1 Å². The number of pyridine rings is 2. The molecule has 2 saturated heterocycles. The molecule has 8 heteroatoms. The number of nitrogens with one attached hydrogen (secondary N) is 1. The Kier molecular flexibility index (Phi) is 5.07. The molecule has 3 aliphatic rings. The van der Waals surface area contributed by atoms with Gasteiger partial charge in [-0.3, -0.25) is 9.20 Å². The van der Waals surface area contributed by atoms with Gasteiger partial charge in [0.05, 0.1) is 17.4 Å². The summed E-state index contributed by atoms with van der Waals surface area (Å²) in [5.74, 6) is -0.391. The third-order valence-corrected chi connectivity index (χ3v) is 6.68. The molecule has 5 rings (SSSR count). The van der Waals surface area contributed by atoms with Crippen molar-refractivity contribution in [2.24, 2.45) is 11.8 Å². The first-order valence-corrected chi connectivity index (χ1v) is 10.0. The zero-order valence-corrected chi connectivity index (χ0v) is 17.1. The Bertz CT molecular complexity index is 1040. The Balaban J connectivity index is 0.00000205. The van der Waals surface area contributed by atoms with Crippen LogP contribution in [0.5, 0.6) is 0 Å². The molecule has 1 saturated carbocycles. The number of anilines is 1. The van der Waals surface area contributed by atoms with Crippen LogP contribution in [0.1, 0.15) is 46.7 Å². The van der Waals surface area contributed by atoms with Crippen LogP contribution in [0.2, 0.25) is 0 Å². The number of piperidine rings is 1. The lowest BCUT2D eigenvalue weighted by atomic mass is 9.90. The van der Waals surface area contributed by atoms with Crippen molar-refractivity contribution in [3.8, 4) is 0 Å². The topological polar surface area (TPSA) is 74.0 Å². The second kappa shape index (κ2) is 7.29. The monoisotopic (exact) mass is 421 g/mol. The fourth-order valence-electron chi connectivity index (χ4n) is 5.14. The Morgan fingerprint density at radius 3 is 2.62 bits per heavy atom. The van der Waals surface area contributed by atoms with E-state index in [0.29, 0.717) is 23.0 Å². The molecule has 6 nitrogen and oxygen atoms in total. The highest BCUT2D eigenvalue weighted by Gasteiger charge is 2.37. The minimum atomic E-state index is -1.26. The molecule has 4 heterocycles. The number of hydrogen-bond donors (Lipinski definition) is 2. The van der Waals surface area contributed by atoms with Gasteiger partial charge in [0, 0.05) is 13.1 Å². The number of rotatable bonds is 3. The average Bonchev–Trinajstić information content (AvgIpc) is 3.41. The van der Waals surface area contributed by atoms with E-state index < -0.39 is 17.3 Å². The maximum atomic E-state index is 15.2. The predicted octanol–water partition coefficient (Wildman–Crippen LogP) is 2.79. The van der Waals surface area contributed by atoms with Gasteiger partial charge in [-0.25, -0.2) is 9.18 Å². The fraction of sp³-hybridized carbons (Fsp3) is 0.524. The number of carboxylic acid groups (broad SMARTS) is 1. The van der Waals surface area contributed by atoms with E-state index in [0.717, 1.165) is 56.6 Å². The maximum absolute atomic E-state index is 15.2. The van der Waals surface area contributed by atoms with E-state index in [-0.39, 0.29) is 23.9 Å². The second-order valence-electron chi connectivity index (χ2n) is 8.49. The van der Waals surface area contributed by atoms with Gasteiger partial charge < -0.3 is 15.3 Å². The summed E-state index contributed by atoms with van der Waals surface area (Å²) in [5.41, 5.74) is 1.89. The van der Waals surface area contributed by atoms with Crippen LogP contribution < -0.4 is 15.8 Å². The summed E-state index contributed by atoms with van der Waals surface area (Å²) in [6.45, 7) is 5.47. The Labute approximate surface area is 174 Å². The number of carbonyl (C=O) groups is 1. The molecule has 2 unspecified atom stereocenters. The highest BCUT2D eigenvalue weighted by Crippen LogP contribution is 2.44. The number of carboxylic acids is 1. The fourth-order valence-corrected chi connectivity index (χ4v) is 5.14. The van der Waals surface area contributed by atoms with E-state index in [1.807, 2.05) is 6.92 Å². The highest BCUT2D eigenvalue weighted by atomic mass is 35.5. The first-order valence-electron chi connectivity index (χ1n) is 10.0. The zero-order valence-electron chi connectivity index (χ0n) is 16.3. The molecule has 0 radical (unpaired) electrons. The SMILES string of the molecule is Cc1c(N2CC3CCNCC3C2)c(F)cn2c(=O)c(C(=O)O)cc(C3CC3)c12.Cl. The largest absolute Gasteiger partial charge is 0.477 e. The molecular formula is C21H25ClFN3O3. The summed E-state index contributed by atoms with van der Waals surface area (Å²) in [7, 11) is 0. The van der Waals surface area contributed by atoms with Crippen LogP contribution in [0, 0.1) is 24.6 Å². The quantitative estimate of drug-likeness (QED) is 0.797. The smallest absolute Gasteiger partial charge is 0.341 e. The Hall–Kier alpha value is -2.12. The van der Waals surface area contributed by atoms with Gasteiger partial charge in [0.25, 0.3) is 5.56 Å². The van der Waals surface area contributed by atoms with Crippen molar-refractivity contribution in [2.75, 3.05) is 31.1 Å². The van der Waals surface area contributed by atoms with Gasteiger partial charge in [-0.2, -0.15) is 0 Å². The van der Waals surface area contributed by atoms with Crippen LogP contribution in [0.3, 0.4) is 0 Å². The van der Waals surface area contributed by atoms with E-state index in [9.17, 15) is 14.7 Å². The number of aryl methyl sites for hydroxylation is 1. The lowest BCUT2D eigenvalue weighted by molar-refractivity contribution is 0.0694. The summed E-state index contributed by atoms with van der Waals surface area (Å²) in [6.07, 6.45) is 4.24. The molecule has 0 bridgehead atoms. The molecule has 2 aromatic heterocycles. The van der Waals surface area contributed by atoms with Gasteiger partial charge in [-0.15, -0.1) is 12.4 Å². The zero-order chi connectivity index (χ0) is 19.6. The Morgan fingerprint density at radius 1 is 1.24 bits per heavy atom. The maximum Gasteiger partial charge on any atom is 0.341 e. The molecule has 2 atom stereocenters. The second-order valence-corrected chi connectivity index (χ2v) is 8.49. The Morgan fingerprint density at radius 2 is 1.97 bits per heavy atom. The molecule has 0 spiro atoms. The first kappa shape index (κ1) is 20.2. The van der Waals surface area contributed by atoms with Crippen molar-refractivity contribution in [1.82, 2.24) is 9.72 Å². The molecule has 3 fully saturated rings. The highest BCUT2D eigenvalue weighted by molar-refractivity contribution is 5.89. The van der Waals surface area contributed by atoms with Gasteiger partial charge in [0.1, 0.15) is 5.56 Å².